The molecule has 0 heterocycles. The average Bonchev–Trinajstić information content (AvgIpc) is 2.22. The maximum Gasteiger partial charge on any atom is 0.244 e. The van der Waals surface area contributed by atoms with Crippen LogP contribution in [0.15, 0.2) is 12.2 Å². The molecule has 0 aliphatic heterocycles. The van der Waals surface area contributed by atoms with E-state index in [0.717, 1.165) is 19.3 Å². The van der Waals surface area contributed by atoms with Crippen molar-refractivity contribution < 1.29 is 4.79 Å². The molecule has 0 aromatic carbocycles. The van der Waals surface area contributed by atoms with Gasteiger partial charge in [-0.1, -0.05) is 25.8 Å². The fraction of sp³-hybridized carbons (Fsp3) is 0.750. The van der Waals surface area contributed by atoms with Gasteiger partial charge in [0.15, 0.2) is 0 Å². The lowest BCUT2D eigenvalue weighted by Crippen LogP contribution is -2.58. The summed E-state index contributed by atoms with van der Waals surface area (Å²) in [7, 11) is 0. The van der Waals surface area contributed by atoms with Gasteiger partial charge >= 0.3 is 0 Å². The molecular weight excluding hydrogens is 188 g/mol. The van der Waals surface area contributed by atoms with E-state index in [1.807, 2.05) is 6.92 Å². The normalized spacial score (nSPS) is 31.8. The van der Waals surface area contributed by atoms with Crippen molar-refractivity contribution in [3.05, 3.63) is 12.2 Å². The van der Waals surface area contributed by atoms with Crippen LogP contribution in [0.1, 0.15) is 39.5 Å². The number of carbonyl (C=O) groups excluding carboxylic acids is 1. The lowest BCUT2D eigenvalue weighted by molar-refractivity contribution is -0.119. The molecule has 3 N–H and O–H groups in total. The zero-order chi connectivity index (χ0) is 11.3. The van der Waals surface area contributed by atoms with Crippen LogP contribution in [0.25, 0.3) is 0 Å². The summed E-state index contributed by atoms with van der Waals surface area (Å²) in [4.78, 5) is 11.6. The van der Waals surface area contributed by atoms with Crippen molar-refractivity contribution in [3.8, 4) is 0 Å². The minimum atomic E-state index is -0.172. The van der Waals surface area contributed by atoms with Gasteiger partial charge in [0.2, 0.25) is 5.91 Å². The average molecular weight is 210 g/mol. The van der Waals surface area contributed by atoms with E-state index in [4.69, 9.17) is 5.73 Å². The van der Waals surface area contributed by atoms with Crippen LogP contribution in [0.4, 0.5) is 0 Å². The second-order valence-corrected chi connectivity index (χ2v) is 4.50. The van der Waals surface area contributed by atoms with E-state index in [-0.39, 0.29) is 11.4 Å². The number of allylic oxidation sites excluding steroid dienone is 1. The molecule has 1 aliphatic carbocycles. The van der Waals surface area contributed by atoms with Gasteiger partial charge in [-0.3, -0.25) is 4.79 Å². The number of amides is 1. The monoisotopic (exact) mass is 210 g/mol. The summed E-state index contributed by atoms with van der Waals surface area (Å²) in [5, 5.41) is 3.08. The molecule has 0 saturated heterocycles. The van der Waals surface area contributed by atoms with Crippen molar-refractivity contribution in [2.24, 2.45) is 11.7 Å². The van der Waals surface area contributed by atoms with Crippen LogP contribution in [0.5, 0.6) is 0 Å². The Bertz CT molecular complexity index is 250. The highest BCUT2D eigenvalue weighted by molar-refractivity contribution is 5.88. The predicted octanol–water partition coefficient (Wildman–Crippen LogP) is 1.59. The highest BCUT2D eigenvalue weighted by Gasteiger charge is 2.37. The molecule has 0 radical (unpaired) electrons. The van der Waals surface area contributed by atoms with Gasteiger partial charge in [-0.05, 0) is 31.8 Å². The molecule has 1 aliphatic rings. The number of carbonyl (C=O) groups is 1. The molecule has 0 aromatic heterocycles. The fourth-order valence-electron chi connectivity index (χ4n) is 2.39. The van der Waals surface area contributed by atoms with Gasteiger partial charge < -0.3 is 11.1 Å². The highest BCUT2D eigenvalue weighted by atomic mass is 16.1. The molecule has 3 heteroatoms. The molecule has 1 fully saturated rings. The van der Waals surface area contributed by atoms with Gasteiger partial charge in [0.25, 0.3) is 0 Å². The molecule has 0 spiro atoms. The first-order valence-corrected chi connectivity index (χ1v) is 5.79. The van der Waals surface area contributed by atoms with Gasteiger partial charge in [-0.25, -0.2) is 0 Å². The molecule has 2 unspecified atom stereocenters. The van der Waals surface area contributed by atoms with Gasteiger partial charge in [0, 0.05) is 6.54 Å². The Kier molecular flexibility index (Phi) is 4.33. The first-order chi connectivity index (χ1) is 7.14. The predicted molar refractivity (Wildman–Crippen MR) is 62.4 cm³/mol. The molecule has 3 nitrogen and oxygen atoms in total. The molecule has 86 valence electrons. The second kappa shape index (κ2) is 5.31. The van der Waals surface area contributed by atoms with E-state index < -0.39 is 0 Å². The van der Waals surface area contributed by atoms with E-state index in [9.17, 15) is 4.79 Å². The second-order valence-electron chi connectivity index (χ2n) is 4.50. The standard InChI is InChI=1S/C12H22N2O/c1-3-6-11(15)14-12(9-13)8-5-4-7-10(12)2/h3,6,10H,4-5,7-9,13H2,1-2H3,(H,14,15)/b6-3+. The lowest BCUT2D eigenvalue weighted by Gasteiger charge is -2.42. The third-order valence-corrected chi connectivity index (χ3v) is 3.51. The van der Waals surface area contributed by atoms with Crippen molar-refractivity contribution in [1.29, 1.82) is 0 Å². The summed E-state index contributed by atoms with van der Waals surface area (Å²) in [5.41, 5.74) is 5.66. The van der Waals surface area contributed by atoms with Crippen LogP contribution in [0.3, 0.4) is 0 Å². The Balaban J connectivity index is 2.70. The van der Waals surface area contributed by atoms with Crippen LogP contribution in [-0.4, -0.2) is 18.0 Å². The van der Waals surface area contributed by atoms with Crippen LogP contribution < -0.4 is 11.1 Å². The van der Waals surface area contributed by atoms with Crippen LogP contribution in [0.2, 0.25) is 0 Å². The lowest BCUT2D eigenvalue weighted by atomic mass is 9.73. The third-order valence-electron chi connectivity index (χ3n) is 3.51. The first kappa shape index (κ1) is 12.2. The van der Waals surface area contributed by atoms with Crippen molar-refractivity contribution in [3.63, 3.8) is 0 Å². The topological polar surface area (TPSA) is 55.1 Å². The minimum absolute atomic E-state index is 0.0169. The van der Waals surface area contributed by atoms with Crippen molar-refractivity contribution in [2.75, 3.05) is 6.54 Å². The van der Waals surface area contributed by atoms with E-state index in [2.05, 4.69) is 12.2 Å². The molecule has 15 heavy (non-hydrogen) atoms. The minimum Gasteiger partial charge on any atom is -0.346 e. The van der Waals surface area contributed by atoms with E-state index >= 15 is 0 Å². The molecule has 2 atom stereocenters. The van der Waals surface area contributed by atoms with E-state index in [0.29, 0.717) is 12.5 Å². The van der Waals surface area contributed by atoms with E-state index in [1.165, 1.54) is 6.42 Å². The van der Waals surface area contributed by atoms with Crippen LogP contribution >= 0.6 is 0 Å². The molecule has 1 rings (SSSR count). The smallest absolute Gasteiger partial charge is 0.244 e. The first-order valence-electron chi connectivity index (χ1n) is 5.79. The largest absolute Gasteiger partial charge is 0.346 e. The summed E-state index contributed by atoms with van der Waals surface area (Å²) < 4.78 is 0. The van der Waals surface area contributed by atoms with Crippen molar-refractivity contribution in [1.82, 2.24) is 5.32 Å². The third kappa shape index (κ3) is 2.81. The Morgan fingerprint density at radius 3 is 2.87 bits per heavy atom. The molecule has 0 bridgehead atoms. The maximum atomic E-state index is 11.6. The summed E-state index contributed by atoms with van der Waals surface area (Å²) >= 11 is 0. The quantitative estimate of drug-likeness (QED) is 0.695. The van der Waals surface area contributed by atoms with Gasteiger partial charge in [-0.15, -0.1) is 0 Å². The van der Waals surface area contributed by atoms with Crippen LogP contribution in [0, 0.1) is 5.92 Å². The molecular formula is C12H22N2O. The number of hydrogen-bond acceptors (Lipinski definition) is 2. The fourth-order valence-corrected chi connectivity index (χ4v) is 2.39. The number of rotatable bonds is 3. The Morgan fingerprint density at radius 1 is 1.60 bits per heavy atom. The summed E-state index contributed by atoms with van der Waals surface area (Å²) in [6.07, 6.45) is 7.91. The molecule has 1 saturated carbocycles. The Labute approximate surface area is 92.1 Å². The van der Waals surface area contributed by atoms with Crippen LogP contribution in [-0.2, 0) is 4.79 Å². The SMILES string of the molecule is C/C=C/C(=O)NC1(CN)CCCCC1C. The summed E-state index contributed by atoms with van der Waals surface area (Å²) in [6, 6.07) is 0. The number of hydrogen-bond donors (Lipinski definition) is 2. The maximum absolute atomic E-state index is 11.6. The summed E-state index contributed by atoms with van der Waals surface area (Å²) in [6.45, 7) is 4.57. The van der Waals surface area contributed by atoms with E-state index in [1.54, 1.807) is 12.2 Å². The Hall–Kier alpha value is -0.830. The molecule has 0 aromatic rings. The van der Waals surface area contributed by atoms with Crippen molar-refractivity contribution >= 4 is 5.91 Å². The van der Waals surface area contributed by atoms with Gasteiger partial charge in [0.05, 0.1) is 5.54 Å². The van der Waals surface area contributed by atoms with Gasteiger partial charge in [-0.2, -0.15) is 0 Å². The molecule has 1 amide bonds. The zero-order valence-corrected chi connectivity index (χ0v) is 9.75. The van der Waals surface area contributed by atoms with Crippen molar-refractivity contribution in [2.45, 2.75) is 45.1 Å². The number of nitrogens with one attached hydrogen (secondary N) is 1. The van der Waals surface area contributed by atoms with Gasteiger partial charge in [0.1, 0.15) is 0 Å². The highest BCUT2D eigenvalue weighted by Crippen LogP contribution is 2.32. The zero-order valence-electron chi connectivity index (χ0n) is 9.75. The Morgan fingerprint density at radius 2 is 2.33 bits per heavy atom. The summed E-state index contributed by atoms with van der Waals surface area (Å²) in [5.74, 6) is 0.460. The number of nitrogens with two attached hydrogens (primary N) is 1.